The number of aromatic nitrogens is 4. The fraction of sp³-hybridized carbons (Fsp3) is 0.357. The number of hydrogen-bond acceptors (Lipinski definition) is 7. The second-order valence-electron chi connectivity index (χ2n) is 9.88. The predicted molar refractivity (Wildman–Crippen MR) is 142 cm³/mol. The molecule has 9 nitrogen and oxygen atoms in total. The van der Waals surface area contributed by atoms with Crippen LogP contribution in [0.4, 0.5) is 16.0 Å². The van der Waals surface area contributed by atoms with Crippen LogP contribution < -0.4 is 9.80 Å². The maximum absolute atomic E-state index is 13.9. The molecule has 2 aliphatic rings. The highest BCUT2D eigenvalue weighted by Gasteiger charge is 2.28. The van der Waals surface area contributed by atoms with Crippen molar-refractivity contribution in [3.63, 3.8) is 0 Å². The fourth-order valence-electron chi connectivity index (χ4n) is 5.46. The number of aliphatic hydroxyl groups excluding tert-OH is 1. The number of halogens is 1. The minimum atomic E-state index is -0.986. The highest BCUT2D eigenvalue weighted by atomic mass is 19.1. The molecule has 4 aromatic rings. The quantitative estimate of drug-likeness (QED) is 0.436. The average Bonchev–Trinajstić information content (AvgIpc) is 3.60. The van der Waals surface area contributed by atoms with Crippen LogP contribution in [0.1, 0.15) is 31.4 Å². The number of hydrogen-bond donors (Lipinski definition) is 1. The summed E-state index contributed by atoms with van der Waals surface area (Å²) in [4.78, 5) is 27.6. The number of pyridine rings is 1. The first-order chi connectivity index (χ1) is 18.5. The molecule has 5 heterocycles. The van der Waals surface area contributed by atoms with Crippen LogP contribution in [0.3, 0.4) is 0 Å². The lowest BCUT2D eigenvalue weighted by atomic mass is 10.0. The minimum Gasteiger partial charge on any atom is -0.384 e. The number of aliphatic hydroxyl groups is 1. The zero-order valence-corrected chi connectivity index (χ0v) is 21.2. The SMILES string of the molecule is CC(O)C(=O)N1CCN(c2cccc(-c3cnc4ccc(N5CCC[C@@H]5c5cccc(F)c5)nn34)n2)CC1. The maximum atomic E-state index is 13.9. The summed E-state index contributed by atoms with van der Waals surface area (Å²) in [6.45, 7) is 4.71. The summed E-state index contributed by atoms with van der Waals surface area (Å²) < 4.78 is 15.7. The van der Waals surface area contributed by atoms with Crippen molar-refractivity contribution in [2.75, 3.05) is 42.5 Å². The van der Waals surface area contributed by atoms with E-state index in [-0.39, 0.29) is 17.8 Å². The Balaban J connectivity index is 1.26. The van der Waals surface area contributed by atoms with Gasteiger partial charge in [0.05, 0.1) is 17.9 Å². The first kappa shape index (κ1) is 24.3. The van der Waals surface area contributed by atoms with Crippen molar-refractivity contribution in [3.05, 3.63) is 72.2 Å². The molecule has 1 unspecified atom stereocenters. The van der Waals surface area contributed by atoms with E-state index in [1.165, 1.54) is 13.0 Å². The van der Waals surface area contributed by atoms with Crippen molar-refractivity contribution in [3.8, 4) is 11.4 Å². The van der Waals surface area contributed by atoms with E-state index in [0.717, 1.165) is 53.6 Å². The van der Waals surface area contributed by atoms with Crippen molar-refractivity contribution in [2.45, 2.75) is 31.9 Å². The number of carbonyl (C=O) groups excluding carboxylic acids is 1. The number of benzene rings is 1. The van der Waals surface area contributed by atoms with E-state index in [4.69, 9.17) is 10.1 Å². The third-order valence-corrected chi connectivity index (χ3v) is 7.40. The van der Waals surface area contributed by atoms with Gasteiger partial charge in [0, 0.05) is 32.7 Å². The molecule has 38 heavy (non-hydrogen) atoms. The molecule has 2 aliphatic heterocycles. The summed E-state index contributed by atoms with van der Waals surface area (Å²) in [6.07, 6.45) is 2.75. The van der Waals surface area contributed by atoms with Crippen LogP contribution in [-0.4, -0.2) is 74.3 Å². The number of carbonyl (C=O) groups is 1. The molecule has 3 aromatic heterocycles. The van der Waals surface area contributed by atoms with Gasteiger partial charge in [0.2, 0.25) is 0 Å². The van der Waals surface area contributed by atoms with Gasteiger partial charge in [-0.05, 0) is 61.7 Å². The van der Waals surface area contributed by atoms with E-state index in [1.54, 1.807) is 23.2 Å². The van der Waals surface area contributed by atoms with E-state index >= 15 is 0 Å². The normalized spacial score (nSPS) is 18.8. The van der Waals surface area contributed by atoms with Gasteiger partial charge in [0.15, 0.2) is 5.65 Å². The summed E-state index contributed by atoms with van der Waals surface area (Å²) in [5.74, 6) is 1.18. The number of imidazole rings is 1. The van der Waals surface area contributed by atoms with Gasteiger partial charge in [0.25, 0.3) is 5.91 Å². The zero-order valence-electron chi connectivity index (χ0n) is 21.2. The number of anilines is 2. The molecule has 0 spiro atoms. The smallest absolute Gasteiger partial charge is 0.251 e. The van der Waals surface area contributed by atoms with Crippen molar-refractivity contribution in [1.82, 2.24) is 24.5 Å². The van der Waals surface area contributed by atoms with Crippen LogP contribution in [0.25, 0.3) is 17.0 Å². The molecule has 10 heteroatoms. The second-order valence-corrected chi connectivity index (χ2v) is 9.88. The molecule has 2 saturated heterocycles. The molecule has 2 fully saturated rings. The molecule has 0 saturated carbocycles. The van der Waals surface area contributed by atoms with Crippen LogP contribution in [-0.2, 0) is 4.79 Å². The molecular weight excluding hydrogens is 485 g/mol. The van der Waals surface area contributed by atoms with E-state index in [0.29, 0.717) is 26.2 Å². The van der Waals surface area contributed by atoms with E-state index in [2.05, 4.69) is 14.8 Å². The summed E-state index contributed by atoms with van der Waals surface area (Å²) in [7, 11) is 0. The van der Waals surface area contributed by atoms with Gasteiger partial charge in [-0.3, -0.25) is 4.79 Å². The van der Waals surface area contributed by atoms with Crippen molar-refractivity contribution >= 4 is 23.2 Å². The lowest BCUT2D eigenvalue weighted by Crippen LogP contribution is -2.51. The van der Waals surface area contributed by atoms with E-state index in [9.17, 15) is 14.3 Å². The van der Waals surface area contributed by atoms with Crippen LogP contribution >= 0.6 is 0 Å². The summed E-state index contributed by atoms with van der Waals surface area (Å²) in [5.41, 5.74) is 3.22. The van der Waals surface area contributed by atoms with Crippen LogP contribution in [0.15, 0.2) is 60.8 Å². The van der Waals surface area contributed by atoms with Gasteiger partial charge >= 0.3 is 0 Å². The predicted octanol–water partition coefficient (Wildman–Crippen LogP) is 3.30. The van der Waals surface area contributed by atoms with Gasteiger partial charge in [-0.15, -0.1) is 5.10 Å². The molecule has 0 bridgehead atoms. The van der Waals surface area contributed by atoms with Gasteiger partial charge in [-0.1, -0.05) is 18.2 Å². The monoisotopic (exact) mass is 515 g/mol. The summed E-state index contributed by atoms with van der Waals surface area (Å²) >= 11 is 0. The minimum absolute atomic E-state index is 0.0726. The van der Waals surface area contributed by atoms with Crippen molar-refractivity contribution in [2.24, 2.45) is 0 Å². The highest BCUT2D eigenvalue weighted by molar-refractivity contribution is 5.80. The Kier molecular flexibility index (Phi) is 6.40. The fourth-order valence-corrected chi connectivity index (χ4v) is 5.46. The Morgan fingerprint density at radius 2 is 1.84 bits per heavy atom. The van der Waals surface area contributed by atoms with Gasteiger partial charge in [-0.2, -0.15) is 0 Å². The molecule has 6 rings (SSSR count). The lowest BCUT2D eigenvalue weighted by molar-refractivity contribution is -0.139. The van der Waals surface area contributed by atoms with Gasteiger partial charge < -0.3 is 19.8 Å². The van der Waals surface area contributed by atoms with E-state index in [1.807, 2.05) is 40.9 Å². The Morgan fingerprint density at radius 1 is 1.03 bits per heavy atom. The van der Waals surface area contributed by atoms with Gasteiger partial charge in [0.1, 0.15) is 29.3 Å². The molecule has 2 atom stereocenters. The second kappa shape index (κ2) is 10.0. The van der Waals surface area contributed by atoms with Crippen LogP contribution in [0.5, 0.6) is 0 Å². The first-order valence-corrected chi connectivity index (χ1v) is 13.0. The standard InChI is InChI=1S/C28H30FN7O2/c1-19(37)28(38)34-15-13-33(14-16-34)26-9-3-7-22(31-26)24-18-30-25-10-11-27(32-36(24)25)35-12-4-8-23(35)20-5-2-6-21(29)17-20/h2-3,5-7,9-11,17-19,23,37H,4,8,12-16H2,1H3/t19?,23-/m1/s1. The summed E-state index contributed by atoms with van der Waals surface area (Å²) in [6, 6.07) is 16.7. The Labute approximate surface area is 220 Å². The number of nitrogens with zero attached hydrogens (tertiary/aromatic N) is 7. The van der Waals surface area contributed by atoms with Gasteiger partial charge in [-0.25, -0.2) is 18.9 Å². The first-order valence-electron chi connectivity index (χ1n) is 13.0. The van der Waals surface area contributed by atoms with Crippen LogP contribution in [0, 0.1) is 5.82 Å². The third kappa shape index (κ3) is 4.56. The number of fused-ring (bicyclic) bond motifs is 1. The largest absolute Gasteiger partial charge is 0.384 e. The Bertz CT molecular complexity index is 1460. The molecule has 0 aliphatic carbocycles. The Morgan fingerprint density at radius 3 is 2.63 bits per heavy atom. The number of amides is 1. The number of piperazine rings is 1. The molecule has 1 N–H and O–H groups in total. The zero-order chi connectivity index (χ0) is 26.2. The van der Waals surface area contributed by atoms with E-state index < -0.39 is 6.10 Å². The number of rotatable bonds is 5. The lowest BCUT2D eigenvalue weighted by Gasteiger charge is -2.36. The highest BCUT2D eigenvalue weighted by Crippen LogP contribution is 2.35. The van der Waals surface area contributed by atoms with Crippen LogP contribution in [0.2, 0.25) is 0 Å². The topological polar surface area (TPSA) is 90.1 Å². The van der Waals surface area contributed by atoms with Crippen molar-refractivity contribution in [1.29, 1.82) is 0 Å². The molecule has 1 amide bonds. The molecule has 1 aromatic carbocycles. The summed E-state index contributed by atoms with van der Waals surface area (Å²) in [5, 5.41) is 14.6. The van der Waals surface area contributed by atoms with Crippen molar-refractivity contribution < 1.29 is 14.3 Å². The third-order valence-electron chi connectivity index (χ3n) is 7.40. The molecular formula is C28H30FN7O2. The molecule has 196 valence electrons. The average molecular weight is 516 g/mol. The molecule has 0 radical (unpaired) electrons. The Hall–Kier alpha value is -4.05. The maximum Gasteiger partial charge on any atom is 0.251 e.